The Kier molecular flexibility index (Phi) is 8.62. The zero-order valence-electron chi connectivity index (χ0n) is 30.7. The van der Waals surface area contributed by atoms with Crippen LogP contribution < -0.4 is 4.90 Å². The number of rotatable bonds is 8. The first-order chi connectivity index (χ1) is 27.7. The van der Waals surface area contributed by atoms with Gasteiger partial charge in [0.25, 0.3) is 0 Å². The molecule has 0 atom stereocenters. The zero-order chi connectivity index (χ0) is 37.3. The molecule has 0 saturated carbocycles. The topological polar surface area (TPSA) is 42.2 Å². The summed E-state index contributed by atoms with van der Waals surface area (Å²) in [7, 11) is 0. The number of furan rings is 1. The smallest absolute Gasteiger partial charge is 0.161 e. The van der Waals surface area contributed by atoms with Crippen molar-refractivity contribution in [2.24, 2.45) is 0 Å². The fourth-order valence-electron chi connectivity index (χ4n) is 7.75. The second kappa shape index (κ2) is 14.5. The summed E-state index contributed by atoms with van der Waals surface area (Å²) in [5, 5.41) is 2.02. The molecule has 0 fully saturated rings. The summed E-state index contributed by atoms with van der Waals surface area (Å²) in [5.74, 6) is 0.677. The van der Waals surface area contributed by atoms with Gasteiger partial charge in [-0.1, -0.05) is 146 Å². The molecule has 56 heavy (non-hydrogen) atoms. The van der Waals surface area contributed by atoms with E-state index in [0.29, 0.717) is 5.82 Å². The Morgan fingerprint density at radius 2 is 1.07 bits per heavy atom. The molecule has 0 amide bonds. The molecule has 0 bridgehead atoms. The van der Waals surface area contributed by atoms with Gasteiger partial charge in [-0.25, -0.2) is 9.97 Å². The minimum absolute atomic E-state index is 0.677. The molecule has 2 heterocycles. The van der Waals surface area contributed by atoms with Crippen LogP contribution in [0.25, 0.3) is 72.4 Å². The highest BCUT2D eigenvalue weighted by atomic mass is 16.3. The number of benzene rings is 7. The average Bonchev–Trinajstić information content (AvgIpc) is 3.66. The summed E-state index contributed by atoms with van der Waals surface area (Å²) < 4.78 is 6.70. The molecule has 1 aliphatic rings. The molecule has 0 N–H and O–H groups in total. The van der Waals surface area contributed by atoms with Gasteiger partial charge in [0.15, 0.2) is 5.82 Å². The molecule has 9 aromatic rings. The van der Waals surface area contributed by atoms with Crippen molar-refractivity contribution in [3.05, 3.63) is 206 Å². The fourth-order valence-corrected chi connectivity index (χ4v) is 7.75. The Hall–Kier alpha value is -7.30. The molecule has 0 unspecified atom stereocenters. The molecule has 10 rings (SSSR count). The van der Waals surface area contributed by atoms with Crippen LogP contribution in [0.5, 0.6) is 0 Å². The van der Waals surface area contributed by atoms with Gasteiger partial charge in [0.05, 0.1) is 11.4 Å². The van der Waals surface area contributed by atoms with Crippen LogP contribution in [0.3, 0.4) is 0 Å². The summed E-state index contributed by atoms with van der Waals surface area (Å²) in [6.07, 6.45) is 8.72. The number of fused-ring (bicyclic) bond motifs is 3. The predicted molar refractivity (Wildman–Crippen MR) is 232 cm³/mol. The molecule has 0 aliphatic heterocycles. The van der Waals surface area contributed by atoms with Gasteiger partial charge in [-0.05, 0) is 89.2 Å². The first kappa shape index (κ1) is 33.3. The van der Waals surface area contributed by atoms with Crippen molar-refractivity contribution in [3.8, 4) is 44.9 Å². The van der Waals surface area contributed by atoms with Gasteiger partial charge in [0, 0.05) is 45.0 Å². The first-order valence-corrected chi connectivity index (χ1v) is 19.1. The van der Waals surface area contributed by atoms with E-state index in [1.807, 2.05) is 18.2 Å². The number of hydrogen-bond donors (Lipinski definition) is 0. The Bertz CT molecular complexity index is 2890. The zero-order valence-corrected chi connectivity index (χ0v) is 30.7. The van der Waals surface area contributed by atoms with Crippen LogP contribution in [-0.2, 0) is 0 Å². The van der Waals surface area contributed by atoms with Crippen molar-refractivity contribution in [2.75, 3.05) is 4.90 Å². The molecule has 0 saturated heterocycles. The third kappa shape index (κ3) is 6.37. The largest absolute Gasteiger partial charge is 0.456 e. The average molecular weight is 720 g/mol. The van der Waals surface area contributed by atoms with E-state index < -0.39 is 0 Å². The number of nitrogens with zero attached hydrogens (tertiary/aromatic N) is 3. The molecule has 7 aromatic carbocycles. The molecular formula is C52H37N3O. The standard InChI is InChI=1S/C52H37N3O/c1-5-15-36(16-6-1)38-27-29-42(30-28-38)55(43-24-13-23-41(33-43)37-17-7-2-8-18-37)44-31-32-45-50(34-44)56-49-26-14-25-46(51(45)49)52-53-47(39-19-9-3-10-20-39)35-48(54-52)40-21-11-4-12-22-40/h1-3,5-11,13-35H,4,12H2. The van der Waals surface area contributed by atoms with E-state index in [9.17, 15) is 0 Å². The lowest BCUT2D eigenvalue weighted by Crippen LogP contribution is -2.10. The lowest BCUT2D eigenvalue weighted by molar-refractivity contribution is 0.669. The summed E-state index contributed by atoms with van der Waals surface area (Å²) in [5.41, 5.74) is 14.3. The molecule has 4 nitrogen and oxygen atoms in total. The van der Waals surface area contributed by atoms with E-state index in [-0.39, 0.29) is 0 Å². The summed E-state index contributed by atoms with van der Waals surface area (Å²) >= 11 is 0. The van der Waals surface area contributed by atoms with Crippen molar-refractivity contribution < 1.29 is 4.42 Å². The van der Waals surface area contributed by atoms with Crippen molar-refractivity contribution >= 4 is 44.6 Å². The second-order valence-corrected chi connectivity index (χ2v) is 14.1. The molecule has 0 spiro atoms. The van der Waals surface area contributed by atoms with Crippen LogP contribution in [0.2, 0.25) is 0 Å². The van der Waals surface area contributed by atoms with Gasteiger partial charge >= 0.3 is 0 Å². The van der Waals surface area contributed by atoms with Gasteiger partial charge in [-0.2, -0.15) is 0 Å². The molecular weight excluding hydrogens is 683 g/mol. The molecule has 266 valence electrons. The van der Waals surface area contributed by atoms with Crippen LogP contribution in [0.1, 0.15) is 18.5 Å². The third-order valence-corrected chi connectivity index (χ3v) is 10.5. The predicted octanol–water partition coefficient (Wildman–Crippen LogP) is 14.2. The van der Waals surface area contributed by atoms with Gasteiger partial charge < -0.3 is 9.32 Å². The summed E-state index contributed by atoms with van der Waals surface area (Å²) in [6.45, 7) is 0. The van der Waals surface area contributed by atoms with Gasteiger partial charge in [0.2, 0.25) is 0 Å². The normalized spacial score (nSPS) is 12.5. The van der Waals surface area contributed by atoms with E-state index in [0.717, 1.165) is 85.5 Å². The van der Waals surface area contributed by atoms with E-state index >= 15 is 0 Å². The van der Waals surface area contributed by atoms with Gasteiger partial charge in [0.1, 0.15) is 11.2 Å². The van der Waals surface area contributed by atoms with Crippen molar-refractivity contribution in [1.82, 2.24) is 9.97 Å². The molecule has 4 heteroatoms. The van der Waals surface area contributed by atoms with Crippen LogP contribution in [0.4, 0.5) is 17.1 Å². The maximum atomic E-state index is 6.70. The van der Waals surface area contributed by atoms with Crippen molar-refractivity contribution in [3.63, 3.8) is 0 Å². The molecule has 1 aliphatic carbocycles. The minimum Gasteiger partial charge on any atom is -0.456 e. The van der Waals surface area contributed by atoms with E-state index in [1.54, 1.807) is 0 Å². The highest BCUT2D eigenvalue weighted by Crippen LogP contribution is 2.42. The van der Waals surface area contributed by atoms with Gasteiger partial charge in [-0.15, -0.1) is 0 Å². The van der Waals surface area contributed by atoms with E-state index in [4.69, 9.17) is 14.4 Å². The fraction of sp³-hybridized carbons (Fsp3) is 0.0385. The maximum Gasteiger partial charge on any atom is 0.161 e. The van der Waals surface area contributed by atoms with Crippen LogP contribution in [-0.4, -0.2) is 9.97 Å². The summed E-state index contributed by atoms with van der Waals surface area (Å²) in [4.78, 5) is 12.7. The van der Waals surface area contributed by atoms with Crippen molar-refractivity contribution in [2.45, 2.75) is 12.8 Å². The highest BCUT2D eigenvalue weighted by molar-refractivity contribution is 6.12. The minimum atomic E-state index is 0.677. The monoisotopic (exact) mass is 719 g/mol. The Morgan fingerprint density at radius 3 is 1.80 bits per heavy atom. The van der Waals surface area contributed by atoms with Crippen LogP contribution in [0, 0.1) is 0 Å². The Labute approximate surface area is 326 Å². The number of allylic oxidation sites excluding steroid dienone is 4. The SMILES string of the molecule is C1=CC(c2cc(-c3ccccc3)nc(-c3cccc4oc5cc(N(c6ccc(-c7ccccc7)cc6)c6cccc(-c7ccccc7)c6)ccc5c34)n2)=CCC1. The number of aromatic nitrogens is 2. The molecule has 0 radical (unpaired) electrons. The first-order valence-electron chi connectivity index (χ1n) is 19.1. The lowest BCUT2D eigenvalue weighted by Gasteiger charge is -2.26. The van der Waals surface area contributed by atoms with E-state index in [2.05, 4.69) is 187 Å². The Balaban J connectivity index is 1.11. The lowest BCUT2D eigenvalue weighted by atomic mass is 10.0. The van der Waals surface area contributed by atoms with Gasteiger partial charge in [-0.3, -0.25) is 0 Å². The quantitative estimate of drug-likeness (QED) is 0.157. The highest BCUT2D eigenvalue weighted by Gasteiger charge is 2.20. The van der Waals surface area contributed by atoms with Crippen LogP contribution in [0.15, 0.2) is 205 Å². The number of anilines is 3. The Morgan fingerprint density at radius 1 is 0.446 bits per heavy atom. The third-order valence-electron chi connectivity index (χ3n) is 10.5. The maximum absolute atomic E-state index is 6.70. The second-order valence-electron chi connectivity index (χ2n) is 14.1. The van der Waals surface area contributed by atoms with Crippen molar-refractivity contribution in [1.29, 1.82) is 0 Å². The number of hydrogen-bond acceptors (Lipinski definition) is 4. The van der Waals surface area contributed by atoms with Crippen LogP contribution >= 0.6 is 0 Å². The molecule has 2 aromatic heterocycles. The summed E-state index contributed by atoms with van der Waals surface area (Å²) in [6, 6.07) is 63.7. The van der Waals surface area contributed by atoms with E-state index in [1.165, 1.54) is 16.7 Å².